The Morgan fingerprint density at radius 1 is 0.833 bits per heavy atom. The van der Waals surface area contributed by atoms with E-state index in [2.05, 4.69) is 32.9 Å². The number of carboxylic acids is 2. The van der Waals surface area contributed by atoms with Crippen LogP contribution >= 0.6 is 0 Å². The van der Waals surface area contributed by atoms with Crippen molar-refractivity contribution in [2.24, 2.45) is 0 Å². The second kappa shape index (κ2) is 14.4. The summed E-state index contributed by atoms with van der Waals surface area (Å²) in [5.74, 6) is 0.0228. The van der Waals surface area contributed by atoms with E-state index in [-0.39, 0.29) is 13.0 Å². The van der Waals surface area contributed by atoms with Crippen molar-refractivity contribution in [2.45, 2.75) is 59.4 Å². The van der Waals surface area contributed by atoms with Crippen molar-refractivity contribution in [1.29, 1.82) is 0 Å². The molecule has 0 aliphatic carbocycles. The molecule has 0 saturated heterocycles. The Kier molecular flexibility index (Phi) is 10.4. The Morgan fingerprint density at radius 3 is 2.19 bits per heavy atom. The number of para-hydroxylation sites is 1. The number of fused-ring (bicyclic) bond motifs is 1. The highest BCUT2D eigenvalue weighted by Crippen LogP contribution is 2.28. The zero-order valence-corrected chi connectivity index (χ0v) is 24.6. The van der Waals surface area contributed by atoms with Crippen LogP contribution in [0.3, 0.4) is 0 Å². The molecule has 42 heavy (non-hydrogen) atoms. The highest BCUT2D eigenvalue weighted by Gasteiger charge is 2.14. The van der Waals surface area contributed by atoms with Crippen molar-refractivity contribution < 1.29 is 29.3 Å². The summed E-state index contributed by atoms with van der Waals surface area (Å²) in [6, 6.07) is 18.0. The number of hydrogen-bond acceptors (Lipinski definition) is 4. The van der Waals surface area contributed by atoms with E-state index in [1.807, 2.05) is 60.8 Å². The topological polar surface area (TPSA) is 98.0 Å². The summed E-state index contributed by atoms with van der Waals surface area (Å²) >= 11 is 0. The van der Waals surface area contributed by atoms with Crippen LogP contribution in [0.1, 0.15) is 59.1 Å². The van der Waals surface area contributed by atoms with Crippen molar-refractivity contribution in [3.63, 3.8) is 0 Å². The van der Waals surface area contributed by atoms with Crippen LogP contribution in [0.2, 0.25) is 0 Å². The SMILES string of the molecule is Cc1cc(C)c(OCCCCOc2ccc(C=Cc3cccc4c(CCCC(=O)O)cn(CC(=O)O)c34)cc2)c(C)c1. The second-order valence-electron chi connectivity index (χ2n) is 10.7. The number of carbonyl (C=O) groups is 2. The third-order valence-corrected chi connectivity index (χ3v) is 7.15. The van der Waals surface area contributed by atoms with Crippen LogP contribution in [0, 0.1) is 20.8 Å². The number of benzene rings is 3. The minimum Gasteiger partial charge on any atom is -0.494 e. The molecule has 4 aromatic rings. The number of rotatable bonds is 15. The highest BCUT2D eigenvalue weighted by atomic mass is 16.5. The van der Waals surface area contributed by atoms with Gasteiger partial charge in [0, 0.05) is 18.0 Å². The molecule has 0 aliphatic rings. The van der Waals surface area contributed by atoms with Crippen molar-refractivity contribution >= 4 is 35.0 Å². The molecule has 0 amide bonds. The fraction of sp³-hybridized carbons (Fsp3) is 0.314. The van der Waals surface area contributed by atoms with E-state index < -0.39 is 11.9 Å². The van der Waals surface area contributed by atoms with Crippen molar-refractivity contribution in [3.05, 3.63) is 94.2 Å². The lowest BCUT2D eigenvalue weighted by molar-refractivity contribution is -0.138. The van der Waals surface area contributed by atoms with Crippen LogP contribution in [0.5, 0.6) is 11.5 Å². The number of hydrogen-bond donors (Lipinski definition) is 2. The van der Waals surface area contributed by atoms with Gasteiger partial charge in [0.2, 0.25) is 0 Å². The van der Waals surface area contributed by atoms with Gasteiger partial charge in [-0.1, -0.05) is 60.2 Å². The van der Waals surface area contributed by atoms with E-state index in [1.54, 1.807) is 4.57 Å². The Labute approximate surface area is 247 Å². The van der Waals surface area contributed by atoms with Crippen molar-refractivity contribution in [3.8, 4) is 11.5 Å². The monoisotopic (exact) mass is 569 g/mol. The minimum atomic E-state index is -0.928. The Hall–Kier alpha value is -4.52. The molecule has 4 rings (SSSR count). The fourth-order valence-electron chi connectivity index (χ4n) is 5.32. The van der Waals surface area contributed by atoms with Crippen LogP contribution in [-0.2, 0) is 22.6 Å². The Balaban J connectivity index is 1.33. The normalized spacial score (nSPS) is 11.3. The average molecular weight is 570 g/mol. The molecule has 0 unspecified atom stereocenters. The molecule has 1 heterocycles. The van der Waals surface area contributed by atoms with Crippen LogP contribution in [0.4, 0.5) is 0 Å². The maximum absolute atomic E-state index is 11.5. The lowest BCUT2D eigenvalue weighted by Gasteiger charge is -2.13. The van der Waals surface area contributed by atoms with Crippen molar-refractivity contribution in [1.82, 2.24) is 4.57 Å². The summed E-state index contributed by atoms with van der Waals surface area (Å²) in [5.41, 5.74) is 7.26. The number of unbranched alkanes of at least 4 members (excludes halogenated alkanes) is 1. The van der Waals surface area contributed by atoms with Gasteiger partial charge in [0.05, 0.1) is 18.7 Å². The summed E-state index contributed by atoms with van der Waals surface area (Å²) in [6.45, 7) is 7.37. The highest BCUT2D eigenvalue weighted by molar-refractivity contribution is 5.94. The average Bonchev–Trinajstić information content (AvgIpc) is 3.28. The number of aryl methyl sites for hydroxylation is 4. The van der Waals surface area contributed by atoms with Gasteiger partial charge in [-0.3, -0.25) is 9.59 Å². The van der Waals surface area contributed by atoms with Gasteiger partial charge in [-0.25, -0.2) is 0 Å². The maximum atomic E-state index is 11.5. The Bertz CT molecular complexity index is 1540. The summed E-state index contributed by atoms with van der Waals surface area (Å²) in [7, 11) is 0. The summed E-state index contributed by atoms with van der Waals surface area (Å²) in [5, 5.41) is 19.4. The van der Waals surface area contributed by atoms with Gasteiger partial charge in [0.25, 0.3) is 0 Å². The third kappa shape index (κ3) is 8.26. The molecule has 1 aromatic heterocycles. The van der Waals surface area contributed by atoms with Gasteiger partial charge in [-0.15, -0.1) is 0 Å². The van der Waals surface area contributed by atoms with E-state index in [1.165, 1.54) is 16.7 Å². The first-order chi connectivity index (χ1) is 20.2. The number of carboxylic acid groups (broad SMARTS) is 2. The molecule has 0 saturated carbocycles. The van der Waals surface area contributed by atoms with E-state index in [4.69, 9.17) is 14.6 Å². The van der Waals surface area contributed by atoms with Gasteiger partial charge >= 0.3 is 11.9 Å². The maximum Gasteiger partial charge on any atom is 0.323 e. The molecule has 3 aromatic carbocycles. The molecule has 0 bridgehead atoms. The zero-order valence-electron chi connectivity index (χ0n) is 24.6. The molecule has 0 atom stereocenters. The third-order valence-electron chi connectivity index (χ3n) is 7.15. The van der Waals surface area contributed by atoms with Crippen LogP contribution in [0.15, 0.2) is 60.8 Å². The molecule has 0 spiro atoms. The molecule has 0 radical (unpaired) electrons. The van der Waals surface area contributed by atoms with Gasteiger partial charge in [0.15, 0.2) is 0 Å². The molecule has 2 N–H and O–H groups in total. The van der Waals surface area contributed by atoms with Crippen LogP contribution in [0.25, 0.3) is 23.1 Å². The van der Waals surface area contributed by atoms with E-state index >= 15 is 0 Å². The number of nitrogens with zero attached hydrogens (tertiary/aromatic N) is 1. The van der Waals surface area contributed by atoms with E-state index in [9.17, 15) is 14.7 Å². The first-order valence-electron chi connectivity index (χ1n) is 14.4. The first-order valence-corrected chi connectivity index (χ1v) is 14.4. The lowest BCUT2D eigenvalue weighted by Crippen LogP contribution is -2.07. The predicted octanol–water partition coefficient (Wildman–Crippen LogP) is 7.47. The molecule has 220 valence electrons. The van der Waals surface area contributed by atoms with Crippen LogP contribution in [-0.4, -0.2) is 39.9 Å². The molecule has 7 heteroatoms. The quantitative estimate of drug-likeness (QED) is 0.114. The minimum absolute atomic E-state index is 0.0762. The lowest BCUT2D eigenvalue weighted by atomic mass is 10.0. The summed E-state index contributed by atoms with van der Waals surface area (Å²) in [6.07, 6.45) is 8.75. The predicted molar refractivity (Wildman–Crippen MR) is 166 cm³/mol. The second-order valence-corrected chi connectivity index (χ2v) is 10.7. The zero-order chi connectivity index (χ0) is 30.1. The van der Waals surface area contributed by atoms with Gasteiger partial charge in [0.1, 0.15) is 18.0 Å². The largest absolute Gasteiger partial charge is 0.494 e. The summed E-state index contributed by atoms with van der Waals surface area (Å²) < 4.78 is 13.7. The van der Waals surface area contributed by atoms with Gasteiger partial charge in [-0.05, 0) is 86.4 Å². The van der Waals surface area contributed by atoms with Gasteiger partial charge in [-0.2, -0.15) is 0 Å². The number of aliphatic carboxylic acids is 2. The van der Waals surface area contributed by atoms with Crippen molar-refractivity contribution in [2.75, 3.05) is 13.2 Å². The van der Waals surface area contributed by atoms with Crippen LogP contribution < -0.4 is 9.47 Å². The molecule has 7 nitrogen and oxygen atoms in total. The fourth-order valence-corrected chi connectivity index (χ4v) is 5.32. The molecule has 0 fully saturated rings. The smallest absolute Gasteiger partial charge is 0.323 e. The standard InChI is InChI=1S/C35H39NO6/c1-24-20-25(2)35(26(3)21-24)42-19-5-4-18-41-30-16-13-27(14-17-30)12-15-28-8-6-10-31-29(9-7-11-32(37)38)22-36(34(28)31)23-33(39)40/h6,8,10,12-17,20-22H,4-5,7,9,11,18-19,23H2,1-3H3,(H,37,38)(H,39,40). The number of aromatic nitrogens is 1. The molecular formula is C35H39NO6. The molecular weight excluding hydrogens is 530 g/mol. The Morgan fingerprint density at radius 2 is 1.52 bits per heavy atom. The first kappa shape index (κ1) is 30.4. The summed E-state index contributed by atoms with van der Waals surface area (Å²) in [4.78, 5) is 22.5. The van der Waals surface area contributed by atoms with E-state index in [0.29, 0.717) is 26.1 Å². The van der Waals surface area contributed by atoms with E-state index in [0.717, 1.165) is 51.9 Å². The molecule has 0 aliphatic heterocycles. The van der Waals surface area contributed by atoms with Gasteiger partial charge < -0.3 is 24.3 Å². The number of ether oxygens (including phenoxy) is 2.